The van der Waals surface area contributed by atoms with Crippen LogP contribution < -0.4 is 15.1 Å². The third kappa shape index (κ3) is 59.2. The lowest BCUT2D eigenvalue weighted by atomic mass is 10.0. The second kappa shape index (κ2) is 57.6. The van der Waals surface area contributed by atoms with E-state index < -0.39 is 7.32 Å². The van der Waals surface area contributed by atoms with Gasteiger partial charge in [0.1, 0.15) is 19.6 Å². The molecule has 0 saturated carbocycles. The lowest BCUT2D eigenvalue weighted by Gasteiger charge is -2.35. The minimum atomic E-state index is -2.92. The zero-order valence-electron chi connectivity index (χ0n) is 56.2. The van der Waals surface area contributed by atoms with Gasteiger partial charge >= 0.3 is 0 Å². The summed E-state index contributed by atoms with van der Waals surface area (Å²) in [5.41, 5.74) is 4.38. The Labute approximate surface area is 513 Å². The molecule has 0 spiro atoms. The van der Waals surface area contributed by atoms with Gasteiger partial charge in [-0.2, -0.15) is 0 Å². The van der Waals surface area contributed by atoms with Gasteiger partial charge in [-0.1, -0.05) is 343 Å². The van der Waals surface area contributed by atoms with Crippen LogP contribution in [0.25, 0.3) is 0 Å². The van der Waals surface area contributed by atoms with Crippen molar-refractivity contribution in [3.8, 4) is 0 Å². The Kier molecular flexibility index (Phi) is 55.8. The monoisotopic (exact) mass is 1140 g/mol. The molecule has 0 amide bonds. The van der Waals surface area contributed by atoms with E-state index in [1.54, 1.807) is 0 Å². The van der Waals surface area contributed by atoms with Crippen molar-refractivity contribution < 1.29 is 28.5 Å². The van der Waals surface area contributed by atoms with E-state index in [1.165, 1.54) is 306 Å². The number of benzene rings is 3. The third-order valence-corrected chi connectivity index (χ3v) is 16.7. The Morgan fingerprint density at radius 2 is 0.366 bits per heavy atom. The van der Waals surface area contributed by atoms with Crippen molar-refractivity contribution in [2.24, 2.45) is 0 Å². The van der Waals surface area contributed by atoms with Gasteiger partial charge in [-0.15, -0.1) is 0 Å². The molecule has 0 radical (unpaired) electrons. The van der Waals surface area contributed by atoms with E-state index in [0.29, 0.717) is 0 Å². The van der Waals surface area contributed by atoms with Gasteiger partial charge in [-0.25, -0.2) is 0 Å². The fourth-order valence-corrected chi connectivity index (χ4v) is 11.7. The van der Waals surface area contributed by atoms with Crippen molar-refractivity contribution >= 4 is 7.32 Å². The molecule has 7 heteroatoms. The Bertz CT molecular complexity index is 1490. The van der Waals surface area contributed by atoms with Gasteiger partial charge < -0.3 is 28.5 Å². The van der Waals surface area contributed by atoms with Crippen molar-refractivity contribution in [2.45, 2.75) is 310 Å². The molecule has 0 bridgehead atoms. The molecule has 474 valence electrons. The van der Waals surface area contributed by atoms with Crippen molar-refractivity contribution in [3.05, 3.63) is 108 Å². The number of unbranched alkanes of at least 4 members (excludes halogenated alkanes) is 39. The van der Waals surface area contributed by atoms with Gasteiger partial charge in [0.15, 0.2) is 0 Å². The van der Waals surface area contributed by atoms with E-state index in [4.69, 9.17) is 15.1 Å². The SMILES string of the molecule is CCCCCCCCCCCCCCCC[N+](C)(C)Cc1ccccc1.CCCCCCCCCCCCCCCC[N+](C)(C)Cc1ccccc1.CCCCCCCCCCCCCCCC[N+](C)(C)Cc1ccccc1.[O-]B([O-])[O-]. The van der Waals surface area contributed by atoms with Gasteiger partial charge in [0.25, 0.3) is 0 Å². The number of quaternary nitrogens is 3. The molecule has 0 fully saturated rings. The second-order valence-corrected chi connectivity index (χ2v) is 27.0. The number of nitrogens with zero attached hydrogens (tertiary/aromatic N) is 3. The maximum atomic E-state index is 8.42. The highest BCUT2D eigenvalue weighted by Gasteiger charge is 2.17. The van der Waals surface area contributed by atoms with Crippen LogP contribution in [0.15, 0.2) is 91.0 Å². The minimum absolute atomic E-state index is 1.11. The first kappa shape index (κ1) is 79.5. The van der Waals surface area contributed by atoms with Gasteiger partial charge in [-0.05, 0) is 38.5 Å². The van der Waals surface area contributed by atoms with Crippen LogP contribution in [-0.4, -0.2) is 82.7 Å². The van der Waals surface area contributed by atoms with E-state index in [2.05, 4.69) is 154 Å². The Morgan fingerprint density at radius 3 is 0.512 bits per heavy atom. The summed E-state index contributed by atoms with van der Waals surface area (Å²) < 4.78 is 3.34. The third-order valence-electron chi connectivity index (χ3n) is 16.7. The van der Waals surface area contributed by atoms with Gasteiger partial charge in [0.05, 0.1) is 61.9 Å². The molecule has 3 rings (SSSR count). The van der Waals surface area contributed by atoms with Crippen LogP contribution in [0.1, 0.15) is 307 Å². The molecule has 82 heavy (non-hydrogen) atoms. The van der Waals surface area contributed by atoms with Crippen LogP contribution in [0.5, 0.6) is 0 Å². The van der Waals surface area contributed by atoms with Crippen LogP contribution >= 0.6 is 0 Å². The van der Waals surface area contributed by atoms with Crippen LogP contribution in [0, 0.1) is 0 Å². The molecule has 0 aliphatic carbocycles. The Balaban J connectivity index is 0.00000116. The van der Waals surface area contributed by atoms with E-state index >= 15 is 0 Å². The lowest BCUT2D eigenvalue weighted by molar-refractivity contribution is -0.903. The normalized spacial score (nSPS) is 11.6. The number of rotatable bonds is 51. The molecule has 0 aliphatic heterocycles. The lowest BCUT2D eigenvalue weighted by Crippen LogP contribution is -2.56. The predicted octanol–water partition coefficient (Wildman–Crippen LogP) is 19.3. The summed E-state index contributed by atoms with van der Waals surface area (Å²) in [6.07, 6.45) is 60.5. The Hall–Kier alpha value is -2.52. The van der Waals surface area contributed by atoms with Crippen LogP contribution in [0.4, 0.5) is 0 Å². The summed E-state index contributed by atoms with van der Waals surface area (Å²) in [7, 11) is 11.3. The molecule has 0 aliphatic rings. The van der Waals surface area contributed by atoms with E-state index in [0.717, 1.165) is 33.1 Å². The van der Waals surface area contributed by atoms with Gasteiger partial charge in [0.2, 0.25) is 0 Å². The highest BCUT2D eigenvalue weighted by molar-refractivity contribution is 6.24. The summed E-state index contributed by atoms with van der Waals surface area (Å²) in [6.45, 7) is 14.2. The average Bonchev–Trinajstić information content (AvgIpc) is 3.44. The zero-order valence-corrected chi connectivity index (χ0v) is 56.2. The number of hydrogen-bond donors (Lipinski definition) is 0. The van der Waals surface area contributed by atoms with Crippen molar-refractivity contribution in [1.29, 1.82) is 0 Å². The zero-order chi connectivity index (χ0) is 60.4. The molecule has 3 aromatic carbocycles. The molecular weight excluding hydrogens is 1000 g/mol. The first-order valence-electron chi connectivity index (χ1n) is 35.2. The quantitative estimate of drug-likeness (QED) is 0.0321. The molecule has 0 aromatic heterocycles. The van der Waals surface area contributed by atoms with Crippen molar-refractivity contribution in [1.82, 2.24) is 0 Å². The molecular formula is C75H138BN3O3. The topological polar surface area (TPSA) is 69.2 Å². The molecule has 3 aromatic rings. The fourth-order valence-electron chi connectivity index (χ4n) is 11.7. The molecule has 0 unspecified atom stereocenters. The summed E-state index contributed by atoms with van der Waals surface area (Å²) in [5.74, 6) is 0. The maximum absolute atomic E-state index is 8.42. The first-order chi connectivity index (χ1) is 39.6. The van der Waals surface area contributed by atoms with Crippen molar-refractivity contribution in [3.63, 3.8) is 0 Å². The summed E-state index contributed by atoms with van der Waals surface area (Å²) in [5, 5.41) is 25.2. The minimum Gasteiger partial charge on any atom is -0.907 e. The first-order valence-corrected chi connectivity index (χ1v) is 35.2. The fraction of sp³-hybridized carbons (Fsp3) is 0.760. The summed E-state index contributed by atoms with van der Waals surface area (Å²) >= 11 is 0. The molecule has 0 heterocycles. The summed E-state index contributed by atoms with van der Waals surface area (Å²) in [6, 6.07) is 32.8. The van der Waals surface area contributed by atoms with Crippen molar-refractivity contribution in [2.75, 3.05) is 61.9 Å². The van der Waals surface area contributed by atoms with Crippen LogP contribution in [-0.2, 0) is 19.6 Å². The highest BCUT2D eigenvalue weighted by Crippen LogP contribution is 2.19. The molecule has 6 nitrogen and oxygen atoms in total. The van der Waals surface area contributed by atoms with E-state index in [1.807, 2.05) is 0 Å². The van der Waals surface area contributed by atoms with Crippen LogP contribution in [0.3, 0.4) is 0 Å². The summed E-state index contributed by atoms with van der Waals surface area (Å²) in [4.78, 5) is 0. The maximum Gasteiger partial charge on any atom is 0.104 e. The Morgan fingerprint density at radius 1 is 0.232 bits per heavy atom. The highest BCUT2D eigenvalue weighted by atomic mass is 16.5. The smallest absolute Gasteiger partial charge is 0.104 e. The van der Waals surface area contributed by atoms with Gasteiger partial charge in [0, 0.05) is 16.7 Å². The molecule has 0 saturated heterocycles. The number of hydrogen-bond acceptors (Lipinski definition) is 3. The molecule has 0 N–H and O–H groups in total. The largest absolute Gasteiger partial charge is 0.907 e. The van der Waals surface area contributed by atoms with E-state index in [-0.39, 0.29) is 0 Å². The average molecular weight is 1140 g/mol. The standard InChI is InChI=1S/3C25H46N.BO3/c3*1-4-5-6-7-8-9-10-11-12-13-14-15-16-20-23-26(2,3)24-25-21-18-17-19-22-25;2-1(3)4/h3*17-19,21-22H,4-16,20,23-24H2,1-3H3;/q3*+1;-3. The van der Waals surface area contributed by atoms with Crippen LogP contribution in [0.2, 0.25) is 0 Å². The van der Waals surface area contributed by atoms with E-state index in [9.17, 15) is 0 Å². The predicted molar refractivity (Wildman–Crippen MR) is 358 cm³/mol. The second-order valence-electron chi connectivity index (χ2n) is 27.0. The molecule has 0 atom stereocenters. The van der Waals surface area contributed by atoms with Gasteiger partial charge in [-0.3, -0.25) is 7.32 Å².